The Labute approximate surface area is 124 Å². The average molecular weight is 314 g/mol. The smallest absolute Gasteiger partial charge is 0.257 e. The van der Waals surface area contributed by atoms with E-state index < -0.39 is 21.7 Å². The third-order valence-electron chi connectivity index (χ3n) is 3.50. The predicted octanol–water partition coefficient (Wildman–Crippen LogP) is 1.80. The number of rotatable bonds is 5. The molecule has 0 aromatic heterocycles. The number of aryl methyl sites for hydroxylation is 1. The summed E-state index contributed by atoms with van der Waals surface area (Å²) in [7, 11) is -3.98. The number of nitrogens with two attached hydrogens (primary N) is 1. The molecule has 21 heavy (non-hydrogen) atoms. The molecule has 116 valence electrons. The van der Waals surface area contributed by atoms with Gasteiger partial charge >= 0.3 is 0 Å². The summed E-state index contributed by atoms with van der Waals surface area (Å²) in [5.41, 5.74) is -0.128. The van der Waals surface area contributed by atoms with Crippen LogP contribution in [0.3, 0.4) is 0 Å². The summed E-state index contributed by atoms with van der Waals surface area (Å²) >= 11 is 0. The first kappa shape index (κ1) is 15.9. The van der Waals surface area contributed by atoms with Crippen molar-refractivity contribution in [1.82, 2.24) is 4.90 Å². The molecule has 0 aliphatic heterocycles. The van der Waals surface area contributed by atoms with Gasteiger partial charge in [0.05, 0.1) is 10.5 Å². The van der Waals surface area contributed by atoms with Crippen LogP contribution in [-0.2, 0) is 10.0 Å². The lowest BCUT2D eigenvalue weighted by molar-refractivity contribution is 0.0738. The number of primary sulfonamides is 1. The van der Waals surface area contributed by atoms with Gasteiger partial charge in [0.15, 0.2) is 0 Å². The Bertz CT molecular complexity index is 669. The van der Waals surface area contributed by atoms with Crippen molar-refractivity contribution >= 4 is 15.9 Å². The van der Waals surface area contributed by atoms with Crippen molar-refractivity contribution in [2.24, 2.45) is 5.14 Å². The molecule has 0 spiro atoms. The van der Waals surface area contributed by atoms with Gasteiger partial charge in [0.25, 0.3) is 5.91 Å². The van der Waals surface area contributed by atoms with Crippen LogP contribution in [0.4, 0.5) is 4.39 Å². The second-order valence-corrected chi connectivity index (χ2v) is 6.94. The second-order valence-electron chi connectivity index (χ2n) is 5.38. The van der Waals surface area contributed by atoms with E-state index >= 15 is 0 Å². The van der Waals surface area contributed by atoms with Crippen LogP contribution in [0.15, 0.2) is 17.0 Å². The molecule has 0 unspecified atom stereocenters. The van der Waals surface area contributed by atoms with Gasteiger partial charge in [0.2, 0.25) is 10.0 Å². The zero-order chi connectivity index (χ0) is 15.8. The molecule has 7 heteroatoms. The molecule has 1 fully saturated rings. The van der Waals surface area contributed by atoms with Crippen LogP contribution in [0.25, 0.3) is 0 Å². The van der Waals surface area contributed by atoms with E-state index in [9.17, 15) is 17.6 Å². The highest BCUT2D eigenvalue weighted by Gasteiger charge is 2.34. The van der Waals surface area contributed by atoms with Gasteiger partial charge in [-0.2, -0.15) is 0 Å². The Kier molecular flexibility index (Phi) is 4.34. The lowest BCUT2D eigenvalue weighted by Gasteiger charge is -2.22. The van der Waals surface area contributed by atoms with Gasteiger partial charge < -0.3 is 4.90 Å². The molecule has 0 radical (unpaired) electrons. The minimum atomic E-state index is -3.98. The van der Waals surface area contributed by atoms with Crippen LogP contribution in [0.1, 0.15) is 42.1 Å². The van der Waals surface area contributed by atoms with E-state index in [0.717, 1.165) is 31.4 Å². The fourth-order valence-corrected chi connectivity index (χ4v) is 2.91. The van der Waals surface area contributed by atoms with Crippen LogP contribution >= 0.6 is 0 Å². The number of hydrogen-bond acceptors (Lipinski definition) is 3. The molecule has 1 aromatic carbocycles. The van der Waals surface area contributed by atoms with Gasteiger partial charge in [0.1, 0.15) is 5.82 Å². The van der Waals surface area contributed by atoms with E-state index in [1.807, 2.05) is 6.92 Å². The first-order valence-corrected chi connectivity index (χ1v) is 8.44. The molecule has 1 aromatic rings. The number of halogens is 1. The van der Waals surface area contributed by atoms with Crippen LogP contribution in [0.5, 0.6) is 0 Å². The zero-order valence-corrected chi connectivity index (χ0v) is 12.9. The number of nitrogens with zero attached hydrogens (tertiary/aromatic N) is 1. The Morgan fingerprint density at radius 2 is 2.05 bits per heavy atom. The molecule has 0 saturated heterocycles. The fourth-order valence-electron chi connectivity index (χ4n) is 2.29. The van der Waals surface area contributed by atoms with Gasteiger partial charge in [-0.15, -0.1) is 0 Å². The van der Waals surface area contributed by atoms with Gasteiger partial charge in [-0.05, 0) is 43.9 Å². The molecule has 5 nitrogen and oxygen atoms in total. The largest absolute Gasteiger partial charge is 0.336 e. The Hall–Kier alpha value is -1.47. The van der Waals surface area contributed by atoms with Crippen molar-refractivity contribution in [3.63, 3.8) is 0 Å². The summed E-state index contributed by atoms with van der Waals surface area (Å²) in [6, 6.07) is 2.31. The average Bonchev–Trinajstić information content (AvgIpc) is 3.21. The molecule has 1 amide bonds. The third-order valence-corrected chi connectivity index (χ3v) is 4.39. The first-order valence-electron chi connectivity index (χ1n) is 6.89. The summed E-state index contributed by atoms with van der Waals surface area (Å²) in [4.78, 5) is 13.9. The molecule has 1 aliphatic carbocycles. The van der Waals surface area contributed by atoms with Gasteiger partial charge in [-0.3, -0.25) is 4.79 Å². The van der Waals surface area contributed by atoms with Crippen molar-refractivity contribution < 1.29 is 17.6 Å². The van der Waals surface area contributed by atoms with Crippen LogP contribution in [0.2, 0.25) is 0 Å². The molecular weight excluding hydrogens is 295 g/mol. The number of amides is 1. The zero-order valence-electron chi connectivity index (χ0n) is 12.1. The number of carbonyl (C=O) groups excluding carboxylic acids is 1. The summed E-state index contributed by atoms with van der Waals surface area (Å²) in [5.74, 6) is -1.15. The minimum absolute atomic E-state index is 0.0946. The summed E-state index contributed by atoms with van der Waals surface area (Å²) in [6.07, 6.45) is 2.57. The Balaban J connectivity index is 2.46. The number of hydrogen-bond donors (Lipinski definition) is 1. The van der Waals surface area contributed by atoms with Gasteiger partial charge in [-0.1, -0.05) is 6.92 Å². The molecular formula is C14H19FN2O3S. The van der Waals surface area contributed by atoms with E-state index in [0.29, 0.717) is 6.54 Å². The minimum Gasteiger partial charge on any atom is -0.336 e. The van der Waals surface area contributed by atoms with Crippen LogP contribution in [-0.4, -0.2) is 31.8 Å². The van der Waals surface area contributed by atoms with Crippen molar-refractivity contribution in [3.8, 4) is 0 Å². The van der Waals surface area contributed by atoms with E-state index in [2.05, 4.69) is 0 Å². The molecule has 2 N–H and O–H groups in total. The third kappa shape index (κ3) is 3.41. The monoisotopic (exact) mass is 314 g/mol. The molecule has 0 bridgehead atoms. The van der Waals surface area contributed by atoms with E-state index in [-0.39, 0.29) is 22.1 Å². The molecule has 0 heterocycles. The number of carbonyl (C=O) groups is 1. The maximum absolute atomic E-state index is 14.2. The maximum Gasteiger partial charge on any atom is 0.257 e. The second kappa shape index (κ2) is 5.73. The lowest BCUT2D eigenvalue weighted by Crippen LogP contribution is -2.34. The fraction of sp³-hybridized carbons (Fsp3) is 0.500. The van der Waals surface area contributed by atoms with Crippen LogP contribution < -0.4 is 5.14 Å². The lowest BCUT2D eigenvalue weighted by atomic mass is 10.1. The highest BCUT2D eigenvalue weighted by molar-refractivity contribution is 7.89. The van der Waals surface area contributed by atoms with Crippen LogP contribution in [0, 0.1) is 12.7 Å². The van der Waals surface area contributed by atoms with Crippen molar-refractivity contribution in [2.75, 3.05) is 6.54 Å². The molecule has 0 atom stereocenters. The first-order chi connectivity index (χ1) is 9.75. The maximum atomic E-state index is 14.2. The van der Waals surface area contributed by atoms with E-state index in [1.165, 1.54) is 6.92 Å². The summed E-state index contributed by atoms with van der Waals surface area (Å²) in [6.45, 7) is 3.88. The van der Waals surface area contributed by atoms with Gasteiger partial charge in [0, 0.05) is 12.6 Å². The van der Waals surface area contributed by atoms with E-state index in [4.69, 9.17) is 5.14 Å². The SMILES string of the molecule is CCCN(C(=O)c1cc(S(N)(=O)=O)cc(C)c1F)C1CC1. The molecule has 1 aliphatic rings. The van der Waals surface area contributed by atoms with Crippen molar-refractivity contribution in [3.05, 3.63) is 29.1 Å². The quantitative estimate of drug-likeness (QED) is 0.900. The van der Waals surface area contributed by atoms with Crippen molar-refractivity contribution in [2.45, 2.75) is 44.0 Å². The normalized spacial score (nSPS) is 15.0. The van der Waals surface area contributed by atoms with Crippen molar-refractivity contribution in [1.29, 1.82) is 0 Å². The highest BCUT2D eigenvalue weighted by atomic mass is 32.2. The summed E-state index contributed by atoms with van der Waals surface area (Å²) in [5, 5.41) is 5.08. The van der Waals surface area contributed by atoms with E-state index in [1.54, 1.807) is 4.90 Å². The molecule has 2 rings (SSSR count). The summed E-state index contributed by atoms with van der Waals surface area (Å²) < 4.78 is 37.1. The topological polar surface area (TPSA) is 80.5 Å². The predicted molar refractivity (Wildman–Crippen MR) is 76.9 cm³/mol. The Morgan fingerprint density at radius 3 is 2.52 bits per heavy atom. The molecule has 1 saturated carbocycles. The highest BCUT2D eigenvalue weighted by Crippen LogP contribution is 2.30. The van der Waals surface area contributed by atoms with Gasteiger partial charge in [-0.25, -0.2) is 17.9 Å². The number of benzene rings is 1. The standard InChI is InChI=1S/C14H19FN2O3S/c1-3-6-17(10-4-5-10)14(18)12-8-11(21(16,19)20)7-9(2)13(12)15/h7-8,10H,3-6H2,1-2H3,(H2,16,19,20). The number of sulfonamides is 1. The Morgan fingerprint density at radius 1 is 1.43 bits per heavy atom.